The second-order valence-electron chi connectivity index (χ2n) is 6.89. The SMILES string of the molecule is C=C(CC(CCCCCC)(c1ccccc1)c1ccccc1)C(=O)OC#N. The van der Waals surface area contributed by atoms with Crippen molar-refractivity contribution in [2.75, 3.05) is 0 Å². The van der Waals surface area contributed by atoms with Gasteiger partial charge in [0.15, 0.2) is 0 Å². The quantitative estimate of drug-likeness (QED) is 0.229. The van der Waals surface area contributed by atoms with E-state index in [2.05, 4.69) is 42.5 Å². The maximum atomic E-state index is 12.1. The minimum atomic E-state index is -0.651. The van der Waals surface area contributed by atoms with Gasteiger partial charge >= 0.3 is 5.97 Å². The zero-order valence-corrected chi connectivity index (χ0v) is 16.0. The lowest BCUT2D eigenvalue weighted by molar-refractivity contribution is -0.132. The van der Waals surface area contributed by atoms with Crippen LogP contribution in [0.25, 0.3) is 0 Å². The van der Waals surface area contributed by atoms with Crippen LogP contribution in [0.4, 0.5) is 0 Å². The van der Waals surface area contributed by atoms with Crippen molar-refractivity contribution in [2.24, 2.45) is 0 Å². The van der Waals surface area contributed by atoms with E-state index in [9.17, 15) is 4.79 Å². The topological polar surface area (TPSA) is 50.1 Å². The molecule has 0 aliphatic carbocycles. The zero-order valence-electron chi connectivity index (χ0n) is 16.0. The maximum Gasteiger partial charge on any atom is 0.348 e. The number of benzene rings is 2. The van der Waals surface area contributed by atoms with Crippen LogP contribution in [0.15, 0.2) is 72.8 Å². The summed E-state index contributed by atoms with van der Waals surface area (Å²) in [5, 5.41) is 8.68. The van der Waals surface area contributed by atoms with Crippen LogP contribution < -0.4 is 0 Å². The van der Waals surface area contributed by atoms with Gasteiger partial charge in [-0.15, -0.1) is 5.26 Å². The molecule has 0 N–H and O–H groups in total. The highest BCUT2D eigenvalue weighted by Gasteiger charge is 2.35. The van der Waals surface area contributed by atoms with E-state index in [0.717, 1.165) is 30.4 Å². The molecule has 3 nitrogen and oxygen atoms in total. The van der Waals surface area contributed by atoms with Crippen molar-refractivity contribution in [1.29, 1.82) is 5.26 Å². The molecular weight excluding hydrogens is 334 g/mol. The van der Waals surface area contributed by atoms with Gasteiger partial charge in [0.25, 0.3) is 6.26 Å². The summed E-state index contributed by atoms with van der Waals surface area (Å²) < 4.78 is 4.53. The van der Waals surface area contributed by atoms with E-state index in [0.29, 0.717) is 12.0 Å². The van der Waals surface area contributed by atoms with Gasteiger partial charge in [0.05, 0.1) is 0 Å². The molecule has 0 bridgehead atoms. The summed E-state index contributed by atoms with van der Waals surface area (Å²) in [5.74, 6) is -0.651. The third-order valence-electron chi connectivity index (χ3n) is 5.05. The molecule has 140 valence electrons. The van der Waals surface area contributed by atoms with Crippen LogP contribution in [0.5, 0.6) is 0 Å². The highest BCUT2D eigenvalue weighted by atomic mass is 16.5. The molecule has 0 amide bonds. The van der Waals surface area contributed by atoms with E-state index in [1.807, 2.05) is 36.4 Å². The van der Waals surface area contributed by atoms with Gasteiger partial charge in [0, 0.05) is 11.0 Å². The predicted molar refractivity (Wildman–Crippen MR) is 108 cm³/mol. The predicted octanol–water partition coefficient (Wildman–Crippen LogP) is 5.91. The molecule has 0 radical (unpaired) electrons. The fourth-order valence-corrected chi connectivity index (χ4v) is 3.67. The van der Waals surface area contributed by atoms with Crippen LogP contribution in [-0.4, -0.2) is 5.97 Å². The summed E-state index contributed by atoms with van der Waals surface area (Å²) in [4.78, 5) is 12.1. The summed E-state index contributed by atoms with van der Waals surface area (Å²) in [5.41, 5.74) is 2.25. The van der Waals surface area contributed by atoms with Gasteiger partial charge in [-0.2, -0.15) is 0 Å². The minimum absolute atomic E-state index is 0.319. The van der Waals surface area contributed by atoms with Crippen molar-refractivity contribution < 1.29 is 9.53 Å². The molecule has 3 heteroatoms. The first-order chi connectivity index (χ1) is 13.1. The highest BCUT2D eigenvalue weighted by molar-refractivity contribution is 5.88. The summed E-state index contributed by atoms with van der Waals surface area (Å²) in [6, 6.07) is 20.5. The van der Waals surface area contributed by atoms with Crippen molar-refractivity contribution in [2.45, 2.75) is 50.9 Å². The first-order valence-electron chi connectivity index (χ1n) is 9.53. The van der Waals surface area contributed by atoms with E-state index in [4.69, 9.17) is 5.26 Å². The van der Waals surface area contributed by atoms with Crippen molar-refractivity contribution in [3.8, 4) is 6.26 Å². The molecule has 0 saturated heterocycles. The summed E-state index contributed by atoms with van der Waals surface area (Å²) in [6.45, 7) is 6.12. The molecule has 2 rings (SSSR count). The standard InChI is InChI=1S/C24H27NO2/c1-3-4-5-12-17-24(21-13-8-6-9-14-21,22-15-10-7-11-16-22)18-20(2)23(26)27-19-25/h6-11,13-16H,2-5,12,17-18H2,1H3. The molecule has 0 saturated carbocycles. The number of nitrogens with zero attached hydrogens (tertiary/aromatic N) is 1. The largest absolute Gasteiger partial charge is 0.348 e. The van der Waals surface area contributed by atoms with E-state index < -0.39 is 5.97 Å². The van der Waals surface area contributed by atoms with Gasteiger partial charge in [-0.1, -0.05) is 99.8 Å². The van der Waals surface area contributed by atoms with Gasteiger partial charge in [-0.3, -0.25) is 0 Å². The molecule has 0 aromatic heterocycles. The number of esters is 1. The lowest BCUT2D eigenvalue weighted by Gasteiger charge is -2.36. The molecule has 0 atom stereocenters. The Morgan fingerprint density at radius 2 is 1.56 bits per heavy atom. The van der Waals surface area contributed by atoms with Gasteiger partial charge in [-0.25, -0.2) is 4.79 Å². The molecule has 2 aromatic rings. The van der Waals surface area contributed by atoms with E-state index in [-0.39, 0.29) is 5.41 Å². The van der Waals surface area contributed by atoms with Crippen LogP contribution in [0.3, 0.4) is 0 Å². The Morgan fingerprint density at radius 3 is 2.04 bits per heavy atom. The fraction of sp³-hybridized carbons (Fsp3) is 0.333. The fourth-order valence-electron chi connectivity index (χ4n) is 3.67. The van der Waals surface area contributed by atoms with Gasteiger partial charge < -0.3 is 4.74 Å². The van der Waals surface area contributed by atoms with Gasteiger partial charge in [0.2, 0.25) is 0 Å². The van der Waals surface area contributed by atoms with Crippen LogP contribution in [0, 0.1) is 11.5 Å². The first-order valence-corrected chi connectivity index (χ1v) is 9.53. The van der Waals surface area contributed by atoms with Gasteiger partial charge in [-0.05, 0) is 24.0 Å². The lowest BCUT2D eigenvalue weighted by Crippen LogP contribution is -2.30. The second-order valence-corrected chi connectivity index (χ2v) is 6.89. The molecule has 0 fully saturated rings. The molecule has 0 heterocycles. The normalized spacial score (nSPS) is 10.8. The minimum Gasteiger partial charge on any atom is -0.347 e. The summed E-state index contributed by atoms with van der Waals surface area (Å²) in [7, 11) is 0. The Bertz CT molecular complexity index is 736. The number of hydrogen-bond acceptors (Lipinski definition) is 3. The Kier molecular flexibility index (Phi) is 7.82. The maximum absolute atomic E-state index is 12.1. The third-order valence-corrected chi connectivity index (χ3v) is 5.05. The number of nitriles is 1. The summed E-state index contributed by atoms with van der Waals surface area (Å²) in [6.07, 6.45) is 7.35. The first kappa shape index (κ1) is 20.5. The van der Waals surface area contributed by atoms with E-state index in [1.54, 1.807) is 0 Å². The molecule has 2 aromatic carbocycles. The lowest BCUT2D eigenvalue weighted by atomic mass is 9.67. The van der Waals surface area contributed by atoms with Crippen LogP contribution in [0.1, 0.15) is 56.6 Å². The van der Waals surface area contributed by atoms with Crippen molar-refractivity contribution in [3.05, 3.63) is 83.9 Å². The van der Waals surface area contributed by atoms with E-state index >= 15 is 0 Å². The highest BCUT2D eigenvalue weighted by Crippen LogP contribution is 2.42. The molecule has 0 spiro atoms. The van der Waals surface area contributed by atoms with Crippen LogP contribution in [-0.2, 0) is 14.9 Å². The number of carbonyl (C=O) groups is 1. The number of carbonyl (C=O) groups excluding carboxylic acids is 1. The van der Waals surface area contributed by atoms with Crippen LogP contribution in [0.2, 0.25) is 0 Å². The Balaban J connectivity index is 2.47. The smallest absolute Gasteiger partial charge is 0.347 e. The summed E-state index contributed by atoms with van der Waals surface area (Å²) >= 11 is 0. The Labute approximate surface area is 162 Å². The third kappa shape index (κ3) is 5.31. The van der Waals surface area contributed by atoms with Crippen LogP contribution >= 0.6 is 0 Å². The zero-order chi connectivity index (χ0) is 19.5. The molecule has 0 aliphatic rings. The molecule has 27 heavy (non-hydrogen) atoms. The second kappa shape index (κ2) is 10.3. The number of rotatable bonds is 10. The molecule has 0 aliphatic heterocycles. The van der Waals surface area contributed by atoms with E-state index in [1.165, 1.54) is 19.1 Å². The number of unbranched alkanes of at least 4 members (excludes halogenated alkanes) is 3. The molecular formula is C24H27NO2. The van der Waals surface area contributed by atoms with Crippen molar-refractivity contribution >= 4 is 5.97 Å². The number of ether oxygens (including phenoxy) is 1. The monoisotopic (exact) mass is 361 g/mol. The Morgan fingerprint density at radius 1 is 1.00 bits per heavy atom. The van der Waals surface area contributed by atoms with Gasteiger partial charge in [0.1, 0.15) is 0 Å². The van der Waals surface area contributed by atoms with Crippen molar-refractivity contribution in [1.82, 2.24) is 0 Å². The number of hydrogen-bond donors (Lipinski definition) is 0. The average Bonchev–Trinajstić information content (AvgIpc) is 2.71. The Hall–Kier alpha value is -2.86. The molecule has 0 unspecified atom stereocenters. The van der Waals surface area contributed by atoms with Crippen molar-refractivity contribution in [3.63, 3.8) is 0 Å². The average molecular weight is 361 g/mol.